The molecule has 0 aliphatic heterocycles. The van der Waals surface area contributed by atoms with Gasteiger partial charge in [-0.2, -0.15) is 0 Å². The fourth-order valence-electron chi connectivity index (χ4n) is 1.94. The van der Waals surface area contributed by atoms with Crippen molar-refractivity contribution < 1.29 is 9.13 Å². The van der Waals surface area contributed by atoms with E-state index in [2.05, 4.69) is 0 Å². The zero-order chi connectivity index (χ0) is 13.8. The van der Waals surface area contributed by atoms with Gasteiger partial charge >= 0.3 is 0 Å². The fraction of sp³-hybridized carbons (Fsp3) is 0.250. The van der Waals surface area contributed by atoms with Crippen LogP contribution in [0.15, 0.2) is 42.5 Å². The monoisotopic (exact) mass is 259 g/mol. The van der Waals surface area contributed by atoms with E-state index in [0.29, 0.717) is 17.9 Å². The molecule has 100 valence electrons. The maximum atomic E-state index is 13.7. The van der Waals surface area contributed by atoms with E-state index in [1.807, 2.05) is 31.2 Å². The van der Waals surface area contributed by atoms with Gasteiger partial charge in [0.25, 0.3) is 0 Å². The van der Waals surface area contributed by atoms with Gasteiger partial charge in [0.2, 0.25) is 0 Å². The Morgan fingerprint density at radius 2 is 2.00 bits per heavy atom. The van der Waals surface area contributed by atoms with Gasteiger partial charge in [0.1, 0.15) is 18.2 Å². The number of aryl methyl sites for hydroxylation is 1. The van der Waals surface area contributed by atoms with Gasteiger partial charge in [0.15, 0.2) is 0 Å². The molecule has 2 aromatic carbocycles. The number of ether oxygens (including phenoxy) is 1. The summed E-state index contributed by atoms with van der Waals surface area (Å²) in [7, 11) is 0. The van der Waals surface area contributed by atoms with Crippen LogP contribution < -0.4 is 10.5 Å². The summed E-state index contributed by atoms with van der Waals surface area (Å²) in [5, 5.41) is 0. The summed E-state index contributed by atoms with van der Waals surface area (Å²) in [6, 6.07) is 12.5. The Hall–Kier alpha value is -1.87. The van der Waals surface area contributed by atoms with E-state index in [1.165, 1.54) is 11.6 Å². The molecule has 19 heavy (non-hydrogen) atoms. The molecule has 2 N–H and O–H groups in total. The Balaban J connectivity index is 2.06. The Labute approximate surface area is 113 Å². The van der Waals surface area contributed by atoms with E-state index in [1.54, 1.807) is 19.1 Å². The van der Waals surface area contributed by atoms with Crippen LogP contribution in [-0.4, -0.2) is 0 Å². The molecule has 0 saturated heterocycles. The number of rotatable bonds is 4. The van der Waals surface area contributed by atoms with Gasteiger partial charge in [-0.1, -0.05) is 35.9 Å². The number of benzene rings is 2. The van der Waals surface area contributed by atoms with Crippen molar-refractivity contribution in [1.29, 1.82) is 0 Å². The standard InChI is InChI=1S/C16H18FNO/c1-11-4-3-5-13(8-11)10-19-14-6-7-15(12(2)18)16(17)9-14/h3-9,12H,10,18H2,1-2H3/t12-/m1/s1. The highest BCUT2D eigenvalue weighted by Gasteiger charge is 2.08. The van der Waals surface area contributed by atoms with Gasteiger partial charge in [-0.25, -0.2) is 4.39 Å². The molecule has 0 saturated carbocycles. The quantitative estimate of drug-likeness (QED) is 0.908. The zero-order valence-corrected chi connectivity index (χ0v) is 11.2. The summed E-state index contributed by atoms with van der Waals surface area (Å²) in [6.07, 6.45) is 0. The second kappa shape index (κ2) is 5.85. The molecule has 0 bridgehead atoms. The molecule has 0 spiro atoms. The number of nitrogens with two attached hydrogens (primary N) is 1. The molecule has 0 aliphatic rings. The minimum Gasteiger partial charge on any atom is -0.489 e. The van der Waals surface area contributed by atoms with Crippen LogP contribution in [0.4, 0.5) is 4.39 Å². The van der Waals surface area contributed by atoms with Crippen molar-refractivity contribution >= 4 is 0 Å². The van der Waals surface area contributed by atoms with Crippen LogP contribution in [0.1, 0.15) is 29.7 Å². The minimum atomic E-state index is -0.322. The minimum absolute atomic E-state index is 0.314. The number of halogens is 1. The Kier molecular flexibility index (Phi) is 4.17. The summed E-state index contributed by atoms with van der Waals surface area (Å²) >= 11 is 0. The van der Waals surface area contributed by atoms with Crippen LogP contribution in [0, 0.1) is 12.7 Å². The third-order valence-corrected chi connectivity index (χ3v) is 2.95. The average molecular weight is 259 g/mol. The Morgan fingerprint density at radius 3 is 2.63 bits per heavy atom. The highest BCUT2D eigenvalue weighted by atomic mass is 19.1. The Bertz CT molecular complexity index is 566. The van der Waals surface area contributed by atoms with Crippen molar-refractivity contribution in [1.82, 2.24) is 0 Å². The van der Waals surface area contributed by atoms with Gasteiger partial charge in [-0.3, -0.25) is 0 Å². The van der Waals surface area contributed by atoms with E-state index in [-0.39, 0.29) is 11.9 Å². The van der Waals surface area contributed by atoms with Crippen molar-refractivity contribution in [3.8, 4) is 5.75 Å². The van der Waals surface area contributed by atoms with Crippen molar-refractivity contribution in [3.05, 3.63) is 65.0 Å². The summed E-state index contributed by atoms with van der Waals surface area (Å²) in [6.45, 7) is 4.21. The SMILES string of the molecule is Cc1cccc(COc2ccc([C@@H](C)N)c(F)c2)c1. The number of hydrogen-bond acceptors (Lipinski definition) is 2. The number of hydrogen-bond donors (Lipinski definition) is 1. The molecular weight excluding hydrogens is 241 g/mol. The molecule has 0 fully saturated rings. The van der Waals surface area contributed by atoms with Crippen molar-refractivity contribution in [3.63, 3.8) is 0 Å². The second-order valence-electron chi connectivity index (χ2n) is 4.75. The Morgan fingerprint density at radius 1 is 1.21 bits per heavy atom. The van der Waals surface area contributed by atoms with E-state index < -0.39 is 0 Å². The molecule has 2 aromatic rings. The van der Waals surface area contributed by atoms with Gasteiger partial charge in [-0.15, -0.1) is 0 Å². The predicted molar refractivity (Wildman–Crippen MR) is 74.5 cm³/mol. The van der Waals surface area contributed by atoms with Crippen molar-refractivity contribution in [2.24, 2.45) is 5.73 Å². The summed E-state index contributed by atoms with van der Waals surface area (Å²) in [5.41, 5.74) is 8.41. The topological polar surface area (TPSA) is 35.2 Å². The maximum absolute atomic E-state index is 13.7. The van der Waals surface area contributed by atoms with E-state index in [0.717, 1.165) is 5.56 Å². The van der Waals surface area contributed by atoms with Gasteiger partial charge < -0.3 is 10.5 Å². The molecule has 0 amide bonds. The van der Waals surface area contributed by atoms with Gasteiger partial charge in [0, 0.05) is 17.7 Å². The van der Waals surface area contributed by atoms with Crippen LogP contribution in [0.5, 0.6) is 5.75 Å². The van der Waals surface area contributed by atoms with E-state index in [4.69, 9.17) is 10.5 Å². The lowest BCUT2D eigenvalue weighted by Gasteiger charge is -2.10. The third kappa shape index (κ3) is 3.55. The first-order valence-electron chi connectivity index (χ1n) is 6.29. The molecule has 0 aliphatic carbocycles. The maximum Gasteiger partial charge on any atom is 0.131 e. The average Bonchev–Trinajstić information content (AvgIpc) is 2.36. The van der Waals surface area contributed by atoms with Crippen LogP contribution in [0.3, 0.4) is 0 Å². The van der Waals surface area contributed by atoms with Crippen LogP contribution in [0.25, 0.3) is 0 Å². The largest absolute Gasteiger partial charge is 0.489 e. The molecule has 1 atom stereocenters. The summed E-state index contributed by atoms with van der Waals surface area (Å²) < 4.78 is 19.3. The smallest absolute Gasteiger partial charge is 0.131 e. The second-order valence-corrected chi connectivity index (χ2v) is 4.75. The van der Waals surface area contributed by atoms with Crippen LogP contribution in [-0.2, 0) is 6.61 Å². The normalized spacial score (nSPS) is 12.2. The molecular formula is C16H18FNO. The molecule has 2 nitrogen and oxygen atoms in total. The first-order chi connectivity index (χ1) is 9.06. The molecule has 0 heterocycles. The lowest BCUT2D eigenvalue weighted by Crippen LogP contribution is -2.07. The fourth-order valence-corrected chi connectivity index (χ4v) is 1.94. The van der Waals surface area contributed by atoms with Crippen LogP contribution >= 0.6 is 0 Å². The summed E-state index contributed by atoms with van der Waals surface area (Å²) in [5.74, 6) is 0.195. The molecule has 3 heteroatoms. The molecule has 0 radical (unpaired) electrons. The first kappa shape index (κ1) is 13.6. The van der Waals surface area contributed by atoms with E-state index in [9.17, 15) is 4.39 Å². The molecule has 2 rings (SSSR count). The highest BCUT2D eigenvalue weighted by Crippen LogP contribution is 2.21. The molecule has 0 unspecified atom stereocenters. The zero-order valence-electron chi connectivity index (χ0n) is 11.2. The predicted octanol–water partition coefficient (Wildman–Crippen LogP) is 3.73. The molecule has 0 aromatic heterocycles. The lowest BCUT2D eigenvalue weighted by atomic mass is 10.1. The lowest BCUT2D eigenvalue weighted by molar-refractivity contribution is 0.304. The van der Waals surface area contributed by atoms with Gasteiger partial charge in [0.05, 0.1) is 0 Å². The van der Waals surface area contributed by atoms with Gasteiger partial charge in [-0.05, 0) is 25.5 Å². The van der Waals surface area contributed by atoms with E-state index >= 15 is 0 Å². The summed E-state index contributed by atoms with van der Waals surface area (Å²) in [4.78, 5) is 0. The first-order valence-corrected chi connectivity index (χ1v) is 6.29. The third-order valence-electron chi connectivity index (χ3n) is 2.95. The highest BCUT2D eigenvalue weighted by molar-refractivity contribution is 5.31. The van der Waals surface area contributed by atoms with Crippen LogP contribution in [0.2, 0.25) is 0 Å². The van der Waals surface area contributed by atoms with Crippen molar-refractivity contribution in [2.45, 2.75) is 26.5 Å². The van der Waals surface area contributed by atoms with Crippen molar-refractivity contribution in [2.75, 3.05) is 0 Å².